The van der Waals surface area contributed by atoms with Crippen LogP contribution in [0.15, 0.2) is 12.1 Å². The molecule has 0 amide bonds. The Labute approximate surface area is 102 Å². The summed E-state index contributed by atoms with van der Waals surface area (Å²) < 4.78 is 36.5. The summed E-state index contributed by atoms with van der Waals surface area (Å²) in [5.74, 6) is -0.463. The lowest BCUT2D eigenvalue weighted by Crippen LogP contribution is -2.26. The van der Waals surface area contributed by atoms with Crippen LogP contribution < -0.4 is 5.32 Å². The monoisotopic (exact) mass is 259 g/mol. The molecule has 0 saturated heterocycles. The van der Waals surface area contributed by atoms with E-state index in [-0.39, 0.29) is 11.6 Å². The van der Waals surface area contributed by atoms with E-state index in [2.05, 4.69) is 5.32 Å². The quantitative estimate of drug-likeness (QED) is 0.896. The average molecular weight is 259 g/mol. The van der Waals surface area contributed by atoms with Crippen LogP contribution in [0.4, 0.5) is 4.39 Å². The zero-order valence-electron chi connectivity index (χ0n) is 10.5. The van der Waals surface area contributed by atoms with Gasteiger partial charge >= 0.3 is 0 Å². The molecule has 1 aromatic carbocycles. The van der Waals surface area contributed by atoms with Gasteiger partial charge in [0, 0.05) is 17.9 Å². The van der Waals surface area contributed by atoms with Crippen molar-refractivity contribution in [3.05, 3.63) is 34.6 Å². The second kappa shape index (κ2) is 5.14. The molecule has 1 N–H and O–H groups in total. The number of rotatable bonds is 4. The van der Waals surface area contributed by atoms with Gasteiger partial charge in [0.2, 0.25) is 0 Å². The minimum Gasteiger partial charge on any atom is -0.312 e. The van der Waals surface area contributed by atoms with Gasteiger partial charge in [0.25, 0.3) is 0 Å². The second-order valence-corrected chi connectivity index (χ2v) is 6.60. The minimum absolute atomic E-state index is 0.107. The van der Waals surface area contributed by atoms with Crippen molar-refractivity contribution in [3.63, 3.8) is 0 Å². The predicted octanol–water partition coefficient (Wildman–Crippen LogP) is 1.75. The van der Waals surface area contributed by atoms with Crippen molar-refractivity contribution < 1.29 is 12.8 Å². The van der Waals surface area contributed by atoms with E-state index in [0.29, 0.717) is 5.56 Å². The zero-order valence-corrected chi connectivity index (χ0v) is 11.4. The first-order valence-electron chi connectivity index (χ1n) is 5.36. The van der Waals surface area contributed by atoms with Crippen LogP contribution in [0.1, 0.15) is 22.7 Å². The van der Waals surface area contributed by atoms with Gasteiger partial charge in [0.15, 0.2) is 0 Å². The van der Waals surface area contributed by atoms with Gasteiger partial charge in [-0.15, -0.1) is 0 Å². The van der Waals surface area contributed by atoms with Crippen LogP contribution in [0.5, 0.6) is 0 Å². The molecule has 0 radical (unpaired) electrons. The summed E-state index contributed by atoms with van der Waals surface area (Å²) in [5, 5.41) is 2.86. The van der Waals surface area contributed by atoms with Gasteiger partial charge in [-0.2, -0.15) is 0 Å². The third-order valence-corrected chi connectivity index (χ3v) is 3.59. The maximum absolute atomic E-state index is 13.9. The van der Waals surface area contributed by atoms with E-state index in [4.69, 9.17) is 0 Å². The maximum atomic E-state index is 13.9. The number of sulfone groups is 1. The Kier molecular flexibility index (Phi) is 4.27. The lowest BCUT2D eigenvalue weighted by Gasteiger charge is -2.19. The summed E-state index contributed by atoms with van der Waals surface area (Å²) >= 11 is 0. The molecule has 1 unspecified atom stereocenters. The van der Waals surface area contributed by atoms with E-state index in [9.17, 15) is 12.8 Å². The zero-order chi connectivity index (χ0) is 13.2. The Balaban J connectivity index is 3.21. The smallest absolute Gasteiger partial charge is 0.149 e. The van der Waals surface area contributed by atoms with Gasteiger partial charge in [-0.1, -0.05) is 6.07 Å². The molecule has 0 aliphatic rings. The SMILES string of the molecule is CNC(CS(C)(=O)=O)c1c(C)cc(C)cc1F. The number of halogens is 1. The van der Waals surface area contributed by atoms with Crippen molar-refractivity contribution in [2.24, 2.45) is 0 Å². The molecule has 1 atom stereocenters. The van der Waals surface area contributed by atoms with Crippen LogP contribution in [0.2, 0.25) is 0 Å². The Morgan fingerprint density at radius 1 is 1.35 bits per heavy atom. The molecule has 96 valence electrons. The normalized spacial score (nSPS) is 13.7. The van der Waals surface area contributed by atoms with Gasteiger partial charge in [0.1, 0.15) is 15.7 Å². The van der Waals surface area contributed by atoms with Crippen LogP contribution in [-0.2, 0) is 9.84 Å². The fourth-order valence-electron chi connectivity index (χ4n) is 1.98. The standard InChI is InChI=1S/C12H18FNO2S/c1-8-5-9(2)12(10(13)6-8)11(14-3)7-17(4,15)16/h5-6,11,14H,7H2,1-4H3. The lowest BCUT2D eigenvalue weighted by molar-refractivity contribution is 0.546. The van der Waals surface area contributed by atoms with E-state index >= 15 is 0 Å². The summed E-state index contributed by atoms with van der Waals surface area (Å²) in [5.41, 5.74) is 2.03. The molecule has 0 heterocycles. The van der Waals surface area contributed by atoms with Crippen LogP contribution >= 0.6 is 0 Å². The predicted molar refractivity (Wildman–Crippen MR) is 67.4 cm³/mol. The van der Waals surface area contributed by atoms with Gasteiger partial charge in [-0.3, -0.25) is 0 Å². The Morgan fingerprint density at radius 2 is 1.94 bits per heavy atom. The van der Waals surface area contributed by atoms with Gasteiger partial charge in [-0.25, -0.2) is 12.8 Å². The Bertz CT molecular complexity index is 488. The third-order valence-electron chi connectivity index (χ3n) is 2.65. The summed E-state index contributed by atoms with van der Waals surface area (Å²) in [4.78, 5) is 0. The average Bonchev–Trinajstić information content (AvgIpc) is 2.12. The highest BCUT2D eigenvalue weighted by atomic mass is 32.2. The molecule has 1 aromatic rings. The fourth-order valence-corrected chi connectivity index (χ4v) is 2.92. The van der Waals surface area contributed by atoms with E-state index < -0.39 is 15.9 Å². The molecule has 0 bridgehead atoms. The molecular weight excluding hydrogens is 241 g/mol. The highest BCUT2D eigenvalue weighted by molar-refractivity contribution is 7.90. The summed E-state index contributed by atoms with van der Waals surface area (Å²) in [7, 11) is -1.52. The highest BCUT2D eigenvalue weighted by Gasteiger charge is 2.21. The summed E-state index contributed by atoms with van der Waals surface area (Å²) in [6.45, 7) is 3.60. The van der Waals surface area contributed by atoms with Crippen molar-refractivity contribution in [2.75, 3.05) is 19.1 Å². The van der Waals surface area contributed by atoms with Gasteiger partial charge in [-0.05, 0) is 38.1 Å². The number of hydrogen-bond donors (Lipinski definition) is 1. The lowest BCUT2D eigenvalue weighted by atomic mass is 9.99. The molecular formula is C12H18FNO2S. The number of nitrogens with one attached hydrogen (secondary N) is 1. The van der Waals surface area contributed by atoms with E-state index in [1.807, 2.05) is 13.0 Å². The second-order valence-electron chi connectivity index (χ2n) is 4.41. The van der Waals surface area contributed by atoms with Gasteiger partial charge < -0.3 is 5.32 Å². The third kappa shape index (κ3) is 3.78. The number of hydrogen-bond acceptors (Lipinski definition) is 3. The molecule has 3 nitrogen and oxygen atoms in total. The van der Waals surface area contributed by atoms with E-state index in [0.717, 1.165) is 17.4 Å². The topological polar surface area (TPSA) is 46.2 Å². The Morgan fingerprint density at radius 3 is 2.35 bits per heavy atom. The molecule has 0 aromatic heterocycles. The van der Waals surface area contributed by atoms with Crippen LogP contribution in [0.3, 0.4) is 0 Å². The van der Waals surface area contributed by atoms with Crippen molar-refractivity contribution in [3.8, 4) is 0 Å². The van der Waals surface area contributed by atoms with Crippen LogP contribution in [0, 0.1) is 19.7 Å². The van der Waals surface area contributed by atoms with Crippen LogP contribution in [0.25, 0.3) is 0 Å². The molecule has 0 fully saturated rings. The minimum atomic E-state index is -3.16. The van der Waals surface area contributed by atoms with E-state index in [1.165, 1.54) is 6.07 Å². The first-order chi connectivity index (χ1) is 7.74. The van der Waals surface area contributed by atoms with Crippen molar-refractivity contribution in [1.29, 1.82) is 0 Å². The first kappa shape index (κ1) is 14.1. The van der Waals surface area contributed by atoms with Crippen molar-refractivity contribution in [2.45, 2.75) is 19.9 Å². The van der Waals surface area contributed by atoms with Crippen molar-refractivity contribution in [1.82, 2.24) is 5.32 Å². The number of aryl methyl sites for hydroxylation is 2. The largest absolute Gasteiger partial charge is 0.312 e. The van der Waals surface area contributed by atoms with E-state index in [1.54, 1.807) is 14.0 Å². The molecule has 5 heteroatoms. The highest BCUT2D eigenvalue weighted by Crippen LogP contribution is 2.23. The molecule has 17 heavy (non-hydrogen) atoms. The number of benzene rings is 1. The van der Waals surface area contributed by atoms with Gasteiger partial charge in [0.05, 0.1) is 5.75 Å². The molecule has 0 spiro atoms. The summed E-state index contributed by atoms with van der Waals surface area (Å²) in [6.07, 6.45) is 1.15. The van der Waals surface area contributed by atoms with Crippen molar-refractivity contribution >= 4 is 9.84 Å². The molecule has 0 aliphatic carbocycles. The molecule has 0 aliphatic heterocycles. The Hall–Kier alpha value is -0.940. The fraction of sp³-hybridized carbons (Fsp3) is 0.500. The summed E-state index contributed by atoms with van der Waals surface area (Å²) in [6, 6.07) is 2.77. The first-order valence-corrected chi connectivity index (χ1v) is 7.42. The maximum Gasteiger partial charge on any atom is 0.149 e. The molecule has 1 rings (SSSR count). The molecule has 0 saturated carbocycles. The van der Waals surface area contributed by atoms with Crippen LogP contribution in [-0.4, -0.2) is 27.5 Å².